The fourth-order valence-corrected chi connectivity index (χ4v) is 7.78. The third-order valence-electron chi connectivity index (χ3n) is 10.1. The standard InChI is InChI=1S/C24H22ClF3N4O3.C15H15N/c1-33-22-19(23-34-10-11-35-23)31-20(24(26,27)28)21(32-22)30-17-9-8-13-12(4-2-5-14(13)17)15-6-3-7-16(29)18(15)25;1-10-4-5-16(9-10)13-6-11-2-3-12-7-14(11)15(12)8-13/h2-7,17,23H,8-11,29H2,1H3,(H,30,32);2-3,6-8,10H,4-5,9H2,1H3/t17-;10-/m01/s1. The summed E-state index contributed by atoms with van der Waals surface area (Å²) < 4.78 is 57.9. The van der Waals surface area contributed by atoms with Gasteiger partial charge in [0.15, 0.2) is 17.2 Å². The minimum absolute atomic E-state index is 0.0917. The van der Waals surface area contributed by atoms with Crippen LogP contribution in [-0.2, 0) is 22.1 Å². The molecule has 2 atom stereocenters. The predicted octanol–water partition coefficient (Wildman–Crippen LogP) is 9.22. The summed E-state index contributed by atoms with van der Waals surface area (Å²) in [4.78, 5) is 10.5. The van der Waals surface area contributed by atoms with E-state index in [2.05, 4.69) is 57.4 Å². The third-order valence-corrected chi connectivity index (χ3v) is 10.6. The second-order valence-electron chi connectivity index (χ2n) is 13.5. The van der Waals surface area contributed by atoms with Crippen molar-refractivity contribution in [1.29, 1.82) is 0 Å². The highest BCUT2D eigenvalue weighted by Crippen LogP contribution is 2.45. The summed E-state index contributed by atoms with van der Waals surface area (Å²) in [6, 6.07) is 22.1. The SMILES string of the molecule is COc1nc(N[C@H]2CCc3c(-c4cccc(N)c4Cl)cccc32)c(C(F)(F)F)nc1C1OCCO1.C[C@@H]1CCN(c2cc3c4cc-3ccc4c2)C1. The van der Waals surface area contributed by atoms with Crippen molar-refractivity contribution in [2.75, 3.05) is 49.4 Å². The minimum atomic E-state index is -4.76. The lowest BCUT2D eigenvalue weighted by Crippen LogP contribution is -2.20. The van der Waals surface area contributed by atoms with Crippen LogP contribution in [0.25, 0.3) is 33.0 Å². The summed E-state index contributed by atoms with van der Waals surface area (Å²) >= 11 is 6.45. The number of benzene rings is 5. The first-order valence-electron chi connectivity index (χ1n) is 17.1. The van der Waals surface area contributed by atoms with Crippen LogP contribution in [0.4, 0.5) is 30.4 Å². The van der Waals surface area contributed by atoms with Crippen molar-refractivity contribution in [3.8, 4) is 28.1 Å². The number of fused-ring (bicyclic) bond motifs is 3. The number of methoxy groups -OCH3 is 1. The van der Waals surface area contributed by atoms with Crippen molar-refractivity contribution < 1.29 is 27.4 Å². The van der Waals surface area contributed by atoms with E-state index in [-0.39, 0.29) is 24.8 Å². The van der Waals surface area contributed by atoms with Crippen LogP contribution in [0, 0.1) is 5.92 Å². The van der Waals surface area contributed by atoms with E-state index >= 15 is 0 Å². The molecule has 8 nitrogen and oxygen atoms in total. The van der Waals surface area contributed by atoms with Crippen LogP contribution in [0.1, 0.15) is 54.6 Å². The highest BCUT2D eigenvalue weighted by atomic mass is 35.5. The zero-order valence-electron chi connectivity index (χ0n) is 28.2. The number of aromatic nitrogens is 2. The zero-order chi connectivity index (χ0) is 35.4. The number of nitrogens with two attached hydrogens (primary N) is 1. The van der Waals surface area contributed by atoms with Gasteiger partial charge in [0, 0.05) is 24.3 Å². The molecule has 0 unspecified atom stereocenters. The van der Waals surface area contributed by atoms with E-state index in [4.69, 9.17) is 31.5 Å². The van der Waals surface area contributed by atoms with Crippen LogP contribution in [0.2, 0.25) is 5.02 Å². The third kappa shape index (κ3) is 6.21. The highest BCUT2D eigenvalue weighted by Gasteiger charge is 2.41. The van der Waals surface area contributed by atoms with Crippen molar-refractivity contribution in [3.63, 3.8) is 0 Å². The van der Waals surface area contributed by atoms with Gasteiger partial charge in [0.1, 0.15) is 0 Å². The van der Waals surface area contributed by atoms with Crippen LogP contribution in [0.3, 0.4) is 0 Å². The van der Waals surface area contributed by atoms with E-state index in [1.807, 2.05) is 30.3 Å². The first kappa shape index (κ1) is 33.6. The van der Waals surface area contributed by atoms with E-state index in [1.54, 1.807) is 6.07 Å². The van der Waals surface area contributed by atoms with Crippen LogP contribution < -0.4 is 20.7 Å². The molecule has 4 aromatic carbocycles. The molecule has 0 amide bonds. The number of halogens is 4. The number of rotatable bonds is 6. The lowest BCUT2D eigenvalue weighted by molar-refractivity contribution is -0.141. The van der Waals surface area contributed by atoms with Crippen LogP contribution in [0.15, 0.2) is 66.7 Å². The molecule has 9 rings (SSSR count). The lowest BCUT2D eigenvalue weighted by Gasteiger charge is -2.24. The van der Waals surface area contributed by atoms with E-state index in [9.17, 15) is 13.2 Å². The number of hydrogen-bond donors (Lipinski definition) is 2. The van der Waals surface area contributed by atoms with Gasteiger partial charge in [-0.1, -0.05) is 61.0 Å². The van der Waals surface area contributed by atoms with Gasteiger partial charge in [0.2, 0.25) is 12.2 Å². The van der Waals surface area contributed by atoms with Crippen molar-refractivity contribution in [3.05, 3.63) is 94.3 Å². The minimum Gasteiger partial charge on any atom is -0.480 e. The van der Waals surface area contributed by atoms with Gasteiger partial charge in [0.05, 0.1) is 37.1 Å². The summed E-state index contributed by atoms with van der Waals surface area (Å²) in [6.45, 7) is 5.28. The summed E-state index contributed by atoms with van der Waals surface area (Å²) in [7, 11) is 1.31. The first-order chi connectivity index (χ1) is 24.6. The molecule has 5 aromatic rings. The van der Waals surface area contributed by atoms with Crippen molar-refractivity contribution >= 4 is 39.6 Å². The second-order valence-corrected chi connectivity index (χ2v) is 13.9. The van der Waals surface area contributed by atoms with E-state index in [0.29, 0.717) is 23.6 Å². The second kappa shape index (κ2) is 13.2. The molecule has 264 valence electrons. The molecule has 2 fully saturated rings. The van der Waals surface area contributed by atoms with E-state index < -0.39 is 30.0 Å². The Morgan fingerprint density at radius 2 is 1.75 bits per heavy atom. The molecular formula is C39H37ClF3N5O3. The average molecular weight is 716 g/mol. The maximum atomic E-state index is 14.0. The number of alkyl halides is 3. The summed E-state index contributed by atoms with van der Waals surface area (Å²) in [6.07, 6.45) is -3.28. The van der Waals surface area contributed by atoms with Crippen molar-refractivity contribution in [1.82, 2.24) is 9.97 Å². The summed E-state index contributed by atoms with van der Waals surface area (Å²) in [5.74, 6) is 0.343. The fraction of sp³-hybridized carbons (Fsp3) is 0.333. The molecule has 0 radical (unpaired) electrons. The molecule has 2 aliphatic heterocycles. The van der Waals surface area contributed by atoms with Gasteiger partial charge in [-0.15, -0.1) is 0 Å². The number of nitrogens with one attached hydrogen (secondary N) is 1. The maximum absolute atomic E-state index is 14.0. The number of hydrogen-bond acceptors (Lipinski definition) is 8. The Hall–Kier alpha value is -4.58. The fourth-order valence-electron chi connectivity index (χ4n) is 7.55. The van der Waals surface area contributed by atoms with Gasteiger partial charge in [-0.25, -0.2) is 4.98 Å². The summed E-state index contributed by atoms with van der Waals surface area (Å²) in [5.41, 5.74) is 13.0. The summed E-state index contributed by atoms with van der Waals surface area (Å²) in [5, 5.41) is 6.26. The molecule has 2 bridgehead atoms. The van der Waals surface area contributed by atoms with Gasteiger partial charge < -0.3 is 30.2 Å². The quantitative estimate of drug-likeness (QED) is 0.165. The molecule has 12 heteroatoms. The van der Waals surface area contributed by atoms with E-state index in [0.717, 1.165) is 28.2 Å². The van der Waals surface area contributed by atoms with Gasteiger partial charge in [-0.2, -0.15) is 18.2 Å². The Kier molecular flexibility index (Phi) is 8.68. The number of nitrogens with zero attached hydrogens (tertiary/aromatic N) is 3. The Morgan fingerprint density at radius 3 is 2.45 bits per heavy atom. The molecule has 2 aliphatic carbocycles. The van der Waals surface area contributed by atoms with Crippen molar-refractivity contribution in [2.24, 2.45) is 5.92 Å². The zero-order valence-corrected chi connectivity index (χ0v) is 28.9. The maximum Gasteiger partial charge on any atom is 0.437 e. The average Bonchev–Trinajstić information content (AvgIpc) is 3.89. The first-order valence-corrected chi connectivity index (χ1v) is 17.5. The highest BCUT2D eigenvalue weighted by molar-refractivity contribution is 6.35. The molecule has 4 aliphatic rings. The monoisotopic (exact) mass is 715 g/mol. The number of ether oxygens (including phenoxy) is 3. The smallest absolute Gasteiger partial charge is 0.437 e. The van der Waals surface area contributed by atoms with Crippen molar-refractivity contribution in [2.45, 2.75) is 44.7 Å². The predicted molar refractivity (Wildman–Crippen MR) is 193 cm³/mol. The Labute approximate surface area is 298 Å². The number of anilines is 3. The van der Waals surface area contributed by atoms with E-state index in [1.165, 1.54) is 54.2 Å². The van der Waals surface area contributed by atoms with Crippen LogP contribution in [0.5, 0.6) is 5.88 Å². The van der Waals surface area contributed by atoms with Crippen LogP contribution in [-0.4, -0.2) is 43.4 Å². The molecule has 1 aromatic heterocycles. The topological polar surface area (TPSA) is 94.8 Å². The van der Waals surface area contributed by atoms with Gasteiger partial charge >= 0.3 is 6.18 Å². The molecule has 2 saturated heterocycles. The Morgan fingerprint density at radius 1 is 0.961 bits per heavy atom. The lowest BCUT2D eigenvalue weighted by atomic mass is 9.87. The molecule has 3 N–H and O–H groups in total. The molecule has 0 saturated carbocycles. The number of nitrogen functional groups attached to an aromatic ring is 1. The molecule has 0 spiro atoms. The molecular weight excluding hydrogens is 679 g/mol. The Balaban J connectivity index is 0.000000192. The van der Waals surface area contributed by atoms with Gasteiger partial charge in [-0.3, -0.25) is 0 Å². The van der Waals surface area contributed by atoms with Gasteiger partial charge in [0.25, 0.3) is 0 Å². The normalized spacial score (nSPS) is 19.2. The van der Waals surface area contributed by atoms with Crippen LogP contribution >= 0.6 is 11.6 Å². The largest absolute Gasteiger partial charge is 0.480 e. The van der Waals surface area contributed by atoms with Gasteiger partial charge in [-0.05, 0) is 88.0 Å². The molecule has 51 heavy (non-hydrogen) atoms. The Bertz CT molecular complexity index is 2140. The molecule has 3 heterocycles.